The zero-order valence-electron chi connectivity index (χ0n) is 20.2. The summed E-state index contributed by atoms with van der Waals surface area (Å²) in [6.45, 7) is 14.0. The van der Waals surface area contributed by atoms with Crippen LogP contribution in [0.15, 0.2) is 48.5 Å². The molecule has 2 rings (SSSR count). The molecule has 2 aromatic rings. The maximum absolute atomic E-state index is 13.1. The third kappa shape index (κ3) is 7.86. The summed E-state index contributed by atoms with van der Waals surface area (Å²) in [5, 5.41) is 3.53. The molecular formula is C26H35ClN2O3. The van der Waals surface area contributed by atoms with Crippen molar-refractivity contribution in [2.75, 3.05) is 6.61 Å². The Morgan fingerprint density at radius 2 is 1.66 bits per heavy atom. The van der Waals surface area contributed by atoms with Gasteiger partial charge >= 0.3 is 0 Å². The van der Waals surface area contributed by atoms with Gasteiger partial charge in [0.25, 0.3) is 5.91 Å². The number of hydrogen-bond donors (Lipinski definition) is 1. The number of benzene rings is 2. The highest BCUT2D eigenvalue weighted by Crippen LogP contribution is 2.24. The zero-order chi connectivity index (χ0) is 24.1. The smallest absolute Gasteiger partial charge is 0.261 e. The minimum atomic E-state index is -0.674. The molecule has 5 nitrogen and oxygen atoms in total. The van der Waals surface area contributed by atoms with Crippen LogP contribution >= 0.6 is 11.6 Å². The van der Waals surface area contributed by atoms with Gasteiger partial charge in [-0.3, -0.25) is 9.59 Å². The third-order valence-electron chi connectivity index (χ3n) is 4.99. The SMILES string of the molecule is C[C@@H](C(=O)NC(C)(C)C)N(Cc1cccc(Cl)c1)C(=O)COc1ccc(C(C)(C)C)cc1. The summed E-state index contributed by atoms with van der Waals surface area (Å²) in [5.41, 5.74) is 1.67. The summed E-state index contributed by atoms with van der Waals surface area (Å²) in [4.78, 5) is 27.5. The van der Waals surface area contributed by atoms with Gasteiger partial charge in [0.1, 0.15) is 11.8 Å². The molecule has 32 heavy (non-hydrogen) atoms. The summed E-state index contributed by atoms with van der Waals surface area (Å²) in [5.74, 6) is 0.115. The lowest BCUT2D eigenvalue weighted by molar-refractivity contribution is -0.142. The highest BCUT2D eigenvalue weighted by atomic mass is 35.5. The second-order valence-corrected chi connectivity index (χ2v) is 10.6. The highest BCUT2D eigenvalue weighted by molar-refractivity contribution is 6.30. The molecular weight excluding hydrogens is 424 g/mol. The highest BCUT2D eigenvalue weighted by Gasteiger charge is 2.28. The van der Waals surface area contributed by atoms with Gasteiger partial charge < -0.3 is 15.0 Å². The minimum absolute atomic E-state index is 0.0396. The van der Waals surface area contributed by atoms with E-state index in [1.54, 1.807) is 19.1 Å². The van der Waals surface area contributed by atoms with Crippen molar-refractivity contribution in [2.24, 2.45) is 0 Å². The zero-order valence-corrected chi connectivity index (χ0v) is 20.9. The number of carbonyl (C=O) groups excluding carboxylic acids is 2. The number of nitrogens with zero attached hydrogens (tertiary/aromatic N) is 1. The summed E-state index contributed by atoms with van der Waals surface area (Å²) >= 11 is 6.12. The molecule has 0 aliphatic heterocycles. The van der Waals surface area contributed by atoms with E-state index >= 15 is 0 Å². The molecule has 6 heteroatoms. The molecule has 0 aromatic heterocycles. The first-order valence-electron chi connectivity index (χ1n) is 10.9. The van der Waals surface area contributed by atoms with Gasteiger partial charge in [0.2, 0.25) is 5.91 Å². The number of rotatable bonds is 7. The van der Waals surface area contributed by atoms with E-state index < -0.39 is 11.6 Å². The maximum Gasteiger partial charge on any atom is 0.261 e. The van der Waals surface area contributed by atoms with E-state index in [1.807, 2.05) is 57.2 Å². The van der Waals surface area contributed by atoms with E-state index in [4.69, 9.17) is 16.3 Å². The second-order valence-electron chi connectivity index (χ2n) is 10.1. The summed E-state index contributed by atoms with van der Waals surface area (Å²) < 4.78 is 5.76. The molecule has 0 fully saturated rings. The van der Waals surface area contributed by atoms with Crippen molar-refractivity contribution in [1.29, 1.82) is 0 Å². The van der Waals surface area contributed by atoms with E-state index in [0.29, 0.717) is 10.8 Å². The van der Waals surface area contributed by atoms with Gasteiger partial charge in [-0.1, -0.05) is 56.6 Å². The van der Waals surface area contributed by atoms with Gasteiger partial charge in [-0.2, -0.15) is 0 Å². The van der Waals surface area contributed by atoms with Gasteiger partial charge in [-0.15, -0.1) is 0 Å². The standard InChI is InChI=1S/C26H35ClN2O3/c1-18(24(31)28-26(5,6)7)29(16-19-9-8-10-21(27)15-19)23(30)17-32-22-13-11-20(12-14-22)25(2,3)4/h8-15,18H,16-17H2,1-7H3,(H,28,31)/t18-/m0/s1. The summed E-state index contributed by atoms with van der Waals surface area (Å²) in [7, 11) is 0. The second kappa shape index (κ2) is 10.4. The van der Waals surface area contributed by atoms with Crippen LogP contribution in [-0.4, -0.2) is 34.9 Å². The predicted octanol–water partition coefficient (Wildman–Crippen LogP) is 5.35. The van der Waals surface area contributed by atoms with Gasteiger partial charge in [0.15, 0.2) is 6.61 Å². The van der Waals surface area contributed by atoms with Gasteiger partial charge in [-0.05, 0) is 68.5 Å². The maximum atomic E-state index is 13.1. The first kappa shape index (κ1) is 25.7. The van der Waals surface area contributed by atoms with E-state index in [0.717, 1.165) is 5.56 Å². The molecule has 0 aliphatic rings. The van der Waals surface area contributed by atoms with Crippen LogP contribution in [-0.2, 0) is 21.5 Å². The first-order valence-corrected chi connectivity index (χ1v) is 11.2. The fourth-order valence-electron chi connectivity index (χ4n) is 3.17. The minimum Gasteiger partial charge on any atom is -0.484 e. The van der Waals surface area contributed by atoms with Crippen LogP contribution in [0.3, 0.4) is 0 Å². The Kier molecular flexibility index (Phi) is 8.35. The van der Waals surface area contributed by atoms with Crippen LogP contribution in [0.25, 0.3) is 0 Å². The van der Waals surface area contributed by atoms with E-state index in [9.17, 15) is 9.59 Å². The summed E-state index contributed by atoms with van der Waals surface area (Å²) in [6, 6.07) is 14.3. The van der Waals surface area contributed by atoms with Crippen LogP contribution in [0.2, 0.25) is 5.02 Å². The van der Waals surface area contributed by atoms with Crippen molar-refractivity contribution >= 4 is 23.4 Å². The Hall–Kier alpha value is -2.53. The van der Waals surface area contributed by atoms with Crippen molar-refractivity contribution in [3.05, 3.63) is 64.7 Å². The van der Waals surface area contributed by atoms with Gasteiger partial charge in [0.05, 0.1) is 0 Å². The monoisotopic (exact) mass is 458 g/mol. The van der Waals surface area contributed by atoms with E-state index in [2.05, 4.69) is 26.1 Å². The number of hydrogen-bond acceptors (Lipinski definition) is 3. The largest absolute Gasteiger partial charge is 0.484 e. The number of halogens is 1. The van der Waals surface area contributed by atoms with Crippen LogP contribution in [0, 0.1) is 0 Å². The Morgan fingerprint density at radius 1 is 1.03 bits per heavy atom. The Balaban J connectivity index is 2.16. The lowest BCUT2D eigenvalue weighted by Gasteiger charge is -2.31. The Morgan fingerprint density at radius 3 is 2.19 bits per heavy atom. The van der Waals surface area contributed by atoms with Crippen molar-refractivity contribution in [1.82, 2.24) is 10.2 Å². The molecule has 2 amide bonds. The fourth-order valence-corrected chi connectivity index (χ4v) is 3.38. The van der Waals surface area contributed by atoms with Crippen LogP contribution < -0.4 is 10.1 Å². The lowest BCUT2D eigenvalue weighted by atomic mass is 9.87. The number of amides is 2. The molecule has 0 spiro atoms. The van der Waals surface area contributed by atoms with E-state index in [-0.39, 0.29) is 30.4 Å². The summed E-state index contributed by atoms with van der Waals surface area (Å²) in [6.07, 6.45) is 0. The molecule has 1 N–H and O–H groups in total. The number of ether oxygens (including phenoxy) is 1. The molecule has 0 saturated heterocycles. The predicted molar refractivity (Wildman–Crippen MR) is 130 cm³/mol. The van der Waals surface area contributed by atoms with Crippen molar-refractivity contribution in [3.63, 3.8) is 0 Å². The quantitative estimate of drug-likeness (QED) is 0.608. The average Bonchev–Trinajstić information content (AvgIpc) is 2.68. The van der Waals surface area contributed by atoms with Crippen LogP contribution in [0.5, 0.6) is 5.75 Å². The molecule has 0 unspecified atom stereocenters. The molecule has 0 heterocycles. The molecule has 0 bridgehead atoms. The molecule has 2 aromatic carbocycles. The van der Waals surface area contributed by atoms with Crippen LogP contribution in [0.4, 0.5) is 0 Å². The van der Waals surface area contributed by atoms with Gasteiger partial charge in [0, 0.05) is 17.1 Å². The molecule has 0 aliphatic carbocycles. The Bertz CT molecular complexity index is 927. The fraction of sp³-hybridized carbons (Fsp3) is 0.462. The topological polar surface area (TPSA) is 58.6 Å². The molecule has 1 atom stereocenters. The first-order chi connectivity index (χ1) is 14.8. The van der Waals surface area contributed by atoms with Crippen molar-refractivity contribution < 1.29 is 14.3 Å². The van der Waals surface area contributed by atoms with Crippen LogP contribution in [0.1, 0.15) is 59.6 Å². The molecule has 0 saturated carbocycles. The lowest BCUT2D eigenvalue weighted by Crippen LogP contribution is -2.53. The van der Waals surface area contributed by atoms with Crippen molar-refractivity contribution in [2.45, 2.75) is 72.0 Å². The van der Waals surface area contributed by atoms with Gasteiger partial charge in [-0.25, -0.2) is 0 Å². The molecule has 174 valence electrons. The average molecular weight is 459 g/mol. The number of carbonyl (C=O) groups is 2. The van der Waals surface area contributed by atoms with Crippen molar-refractivity contribution in [3.8, 4) is 5.75 Å². The molecule has 0 radical (unpaired) electrons. The normalized spacial score (nSPS) is 12.8. The Labute approximate surface area is 197 Å². The van der Waals surface area contributed by atoms with E-state index in [1.165, 1.54) is 10.5 Å². The number of nitrogens with one attached hydrogen (secondary N) is 1. The third-order valence-corrected chi connectivity index (χ3v) is 5.23.